The van der Waals surface area contributed by atoms with E-state index in [2.05, 4.69) is 15.5 Å². The van der Waals surface area contributed by atoms with E-state index in [1.54, 1.807) is 17.8 Å². The van der Waals surface area contributed by atoms with Crippen LogP contribution in [-0.4, -0.2) is 26.7 Å². The second-order valence-electron chi connectivity index (χ2n) is 3.32. The third-order valence-electron chi connectivity index (χ3n) is 1.91. The summed E-state index contributed by atoms with van der Waals surface area (Å²) in [5, 5.41) is 10.3. The van der Waals surface area contributed by atoms with Crippen LogP contribution in [0.2, 0.25) is 0 Å². The molecule has 1 rings (SSSR count). The van der Waals surface area contributed by atoms with Crippen molar-refractivity contribution in [3.05, 3.63) is 12.2 Å². The van der Waals surface area contributed by atoms with Gasteiger partial charge in [-0.15, -0.1) is 10.2 Å². The number of hydrogen-bond donors (Lipinski definition) is 2. The smallest absolute Gasteiger partial charge is 0.237 e. The minimum atomic E-state index is -0.509. The summed E-state index contributed by atoms with van der Waals surface area (Å²) in [4.78, 5) is 11.3. The van der Waals surface area contributed by atoms with Gasteiger partial charge >= 0.3 is 0 Å². The lowest BCUT2D eigenvalue weighted by atomic mass is 10.2. The lowest BCUT2D eigenvalue weighted by Crippen LogP contribution is -2.40. The van der Waals surface area contributed by atoms with Gasteiger partial charge < -0.3 is 15.6 Å². The standard InChI is InChI=1S/C8H15N5O/c1-5(9)8(14)11-6(2)7-12-10-4-13(7)3/h4-6H,9H2,1-3H3,(H,11,14)/t5-,6?/m0/s1. The van der Waals surface area contributed by atoms with Crippen molar-refractivity contribution in [2.75, 3.05) is 0 Å². The van der Waals surface area contributed by atoms with Crippen LogP contribution in [0, 0.1) is 0 Å². The van der Waals surface area contributed by atoms with Gasteiger partial charge in [0.2, 0.25) is 5.91 Å². The fourth-order valence-corrected chi connectivity index (χ4v) is 1.09. The number of nitrogens with two attached hydrogens (primary N) is 1. The number of nitrogens with zero attached hydrogens (tertiary/aromatic N) is 3. The molecule has 3 N–H and O–H groups in total. The Morgan fingerprint density at radius 2 is 2.29 bits per heavy atom. The minimum absolute atomic E-state index is 0.180. The maximum Gasteiger partial charge on any atom is 0.237 e. The molecule has 14 heavy (non-hydrogen) atoms. The number of amides is 1. The molecular formula is C8H15N5O. The molecular weight excluding hydrogens is 182 g/mol. The lowest BCUT2D eigenvalue weighted by molar-refractivity contribution is -0.122. The Kier molecular flexibility index (Phi) is 3.19. The van der Waals surface area contributed by atoms with Crippen molar-refractivity contribution in [1.82, 2.24) is 20.1 Å². The van der Waals surface area contributed by atoms with E-state index < -0.39 is 6.04 Å². The molecule has 6 heteroatoms. The highest BCUT2D eigenvalue weighted by atomic mass is 16.2. The Hall–Kier alpha value is -1.43. The van der Waals surface area contributed by atoms with Crippen molar-refractivity contribution in [3.8, 4) is 0 Å². The van der Waals surface area contributed by atoms with E-state index in [9.17, 15) is 4.79 Å². The summed E-state index contributed by atoms with van der Waals surface area (Å²) in [5.41, 5.74) is 5.42. The number of carbonyl (C=O) groups is 1. The van der Waals surface area contributed by atoms with Gasteiger partial charge in [0.1, 0.15) is 6.33 Å². The number of nitrogens with one attached hydrogen (secondary N) is 1. The van der Waals surface area contributed by atoms with Gasteiger partial charge in [-0.05, 0) is 13.8 Å². The Bertz CT molecular complexity index is 319. The Morgan fingerprint density at radius 3 is 2.71 bits per heavy atom. The third kappa shape index (κ3) is 2.29. The molecule has 78 valence electrons. The summed E-state index contributed by atoms with van der Waals surface area (Å²) in [7, 11) is 1.82. The summed E-state index contributed by atoms with van der Waals surface area (Å²) in [6.45, 7) is 3.48. The SMILES string of the molecule is CC(NC(=O)[C@H](C)N)c1nncn1C. The molecule has 1 amide bonds. The summed E-state index contributed by atoms with van der Waals surface area (Å²) in [5.74, 6) is 0.513. The second-order valence-corrected chi connectivity index (χ2v) is 3.32. The van der Waals surface area contributed by atoms with E-state index in [0.717, 1.165) is 0 Å². The summed E-state index contributed by atoms with van der Waals surface area (Å²) >= 11 is 0. The average molecular weight is 197 g/mol. The van der Waals surface area contributed by atoms with Gasteiger partial charge in [0, 0.05) is 7.05 Å². The Balaban J connectivity index is 2.64. The first-order chi connectivity index (χ1) is 6.52. The highest BCUT2D eigenvalue weighted by Gasteiger charge is 2.15. The first-order valence-electron chi connectivity index (χ1n) is 4.42. The molecule has 0 aliphatic carbocycles. The van der Waals surface area contributed by atoms with Crippen LogP contribution in [0.5, 0.6) is 0 Å². The fourth-order valence-electron chi connectivity index (χ4n) is 1.09. The lowest BCUT2D eigenvalue weighted by Gasteiger charge is -2.14. The van der Waals surface area contributed by atoms with Gasteiger partial charge in [-0.1, -0.05) is 0 Å². The highest BCUT2D eigenvalue weighted by molar-refractivity contribution is 5.81. The van der Waals surface area contributed by atoms with Crippen LogP contribution in [0.1, 0.15) is 25.7 Å². The molecule has 1 heterocycles. The van der Waals surface area contributed by atoms with Crippen LogP contribution in [0.4, 0.5) is 0 Å². The van der Waals surface area contributed by atoms with Gasteiger partial charge in [0.05, 0.1) is 12.1 Å². The minimum Gasteiger partial charge on any atom is -0.345 e. The van der Waals surface area contributed by atoms with Crippen LogP contribution in [-0.2, 0) is 11.8 Å². The molecule has 1 aromatic heterocycles. The topological polar surface area (TPSA) is 85.8 Å². The van der Waals surface area contributed by atoms with Crippen molar-refractivity contribution < 1.29 is 4.79 Å². The number of aromatic nitrogens is 3. The van der Waals surface area contributed by atoms with Gasteiger partial charge in [-0.25, -0.2) is 0 Å². The average Bonchev–Trinajstić information content (AvgIpc) is 2.51. The summed E-state index contributed by atoms with van der Waals surface area (Å²) in [6.07, 6.45) is 1.59. The molecule has 0 saturated carbocycles. The molecule has 0 radical (unpaired) electrons. The largest absolute Gasteiger partial charge is 0.345 e. The zero-order valence-corrected chi connectivity index (χ0v) is 8.56. The van der Waals surface area contributed by atoms with Crippen molar-refractivity contribution in [2.24, 2.45) is 12.8 Å². The van der Waals surface area contributed by atoms with E-state index in [1.807, 2.05) is 14.0 Å². The molecule has 0 saturated heterocycles. The molecule has 0 aliphatic heterocycles. The van der Waals surface area contributed by atoms with Crippen LogP contribution in [0.3, 0.4) is 0 Å². The molecule has 1 unspecified atom stereocenters. The normalized spacial score (nSPS) is 14.9. The predicted molar refractivity (Wildman–Crippen MR) is 51.2 cm³/mol. The van der Waals surface area contributed by atoms with Crippen LogP contribution in [0.25, 0.3) is 0 Å². The zero-order valence-electron chi connectivity index (χ0n) is 8.56. The molecule has 0 spiro atoms. The van der Waals surface area contributed by atoms with Crippen LogP contribution < -0.4 is 11.1 Å². The third-order valence-corrected chi connectivity index (χ3v) is 1.91. The number of rotatable bonds is 3. The first kappa shape index (κ1) is 10.6. The van der Waals surface area contributed by atoms with Crippen molar-refractivity contribution in [2.45, 2.75) is 25.9 Å². The van der Waals surface area contributed by atoms with Gasteiger partial charge in [0.15, 0.2) is 5.82 Å². The number of aryl methyl sites for hydroxylation is 1. The maximum absolute atomic E-state index is 11.3. The van der Waals surface area contributed by atoms with E-state index in [-0.39, 0.29) is 11.9 Å². The molecule has 0 bridgehead atoms. The van der Waals surface area contributed by atoms with Crippen molar-refractivity contribution in [3.63, 3.8) is 0 Å². The maximum atomic E-state index is 11.3. The quantitative estimate of drug-likeness (QED) is 0.673. The van der Waals surface area contributed by atoms with Crippen LogP contribution in [0.15, 0.2) is 6.33 Å². The molecule has 0 aromatic carbocycles. The van der Waals surface area contributed by atoms with Crippen molar-refractivity contribution in [1.29, 1.82) is 0 Å². The van der Waals surface area contributed by atoms with E-state index in [1.165, 1.54) is 0 Å². The second kappa shape index (κ2) is 4.19. The van der Waals surface area contributed by atoms with Gasteiger partial charge in [-0.2, -0.15) is 0 Å². The van der Waals surface area contributed by atoms with E-state index >= 15 is 0 Å². The van der Waals surface area contributed by atoms with E-state index in [0.29, 0.717) is 5.82 Å². The Morgan fingerprint density at radius 1 is 1.64 bits per heavy atom. The summed E-state index contributed by atoms with van der Waals surface area (Å²) in [6, 6.07) is -0.688. The van der Waals surface area contributed by atoms with Crippen molar-refractivity contribution >= 4 is 5.91 Å². The van der Waals surface area contributed by atoms with Crippen LogP contribution >= 0.6 is 0 Å². The molecule has 0 aliphatic rings. The monoisotopic (exact) mass is 197 g/mol. The van der Waals surface area contributed by atoms with Gasteiger partial charge in [0.25, 0.3) is 0 Å². The molecule has 2 atom stereocenters. The molecule has 0 fully saturated rings. The highest BCUT2D eigenvalue weighted by Crippen LogP contribution is 2.06. The number of hydrogen-bond acceptors (Lipinski definition) is 4. The molecule has 6 nitrogen and oxygen atoms in total. The number of carbonyl (C=O) groups excluding carboxylic acids is 1. The Labute approximate surface area is 82.5 Å². The summed E-state index contributed by atoms with van der Waals surface area (Å²) < 4.78 is 1.76. The predicted octanol–water partition coefficient (Wildman–Crippen LogP) is -0.660. The molecule has 1 aromatic rings. The van der Waals surface area contributed by atoms with Gasteiger partial charge in [-0.3, -0.25) is 4.79 Å². The first-order valence-corrected chi connectivity index (χ1v) is 4.42. The fraction of sp³-hybridized carbons (Fsp3) is 0.625. The zero-order chi connectivity index (χ0) is 10.7. The van der Waals surface area contributed by atoms with E-state index in [4.69, 9.17) is 5.73 Å².